The molecule has 2 aromatic rings. The van der Waals surface area contributed by atoms with Gasteiger partial charge in [-0.3, -0.25) is 0 Å². The van der Waals surface area contributed by atoms with Gasteiger partial charge >= 0.3 is 0 Å². The summed E-state index contributed by atoms with van der Waals surface area (Å²) in [6, 6.07) is 16.1. The van der Waals surface area contributed by atoms with E-state index < -0.39 is 0 Å². The molecule has 2 rings (SSSR count). The van der Waals surface area contributed by atoms with Gasteiger partial charge in [0.2, 0.25) is 0 Å². The third-order valence-electron chi connectivity index (χ3n) is 2.60. The Labute approximate surface area is 106 Å². The van der Waals surface area contributed by atoms with E-state index in [4.69, 9.17) is 5.26 Å². The molecule has 2 nitrogen and oxygen atoms in total. The Morgan fingerprint density at radius 3 is 2.33 bits per heavy atom. The number of hydrogen-bond donors (Lipinski definition) is 1. The molecular weight excluding hydrogens is 227 g/mol. The van der Waals surface area contributed by atoms with Crippen molar-refractivity contribution >= 4 is 0 Å². The van der Waals surface area contributed by atoms with Crippen molar-refractivity contribution in [3.05, 3.63) is 71.0 Å². The van der Waals surface area contributed by atoms with Crippen LogP contribution in [0.4, 0.5) is 4.39 Å². The third-order valence-corrected chi connectivity index (χ3v) is 2.60. The predicted octanol–water partition coefficient (Wildman–Crippen LogP) is 2.99. The van der Waals surface area contributed by atoms with Crippen LogP contribution in [0.25, 0.3) is 0 Å². The molecule has 0 amide bonds. The third kappa shape index (κ3) is 3.41. The van der Waals surface area contributed by atoms with Gasteiger partial charge < -0.3 is 5.32 Å². The van der Waals surface area contributed by atoms with E-state index in [1.807, 2.05) is 24.3 Å². The smallest absolute Gasteiger partial charge is 0.123 e. The highest BCUT2D eigenvalue weighted by molar-refractivity contribution is 5.32. The first-order valence-electron chi connectivity index (χ1n) is 5.72. The standard InChI is InChI=1S/C15H13FN2/c16-15-6-2-5-14(8-15)11-18-10-13-4-1-3-12(7-13)9-17/h1-8,18H,10-11H2. The van der Waals surface area contributed by atoms with Crippen molar-refractivity contribution in [2.75, 3.05) is 0 Å². The topological polar surface area (TPSA) is 35.8 Å². The van der Waals surface area contributed by atoms with Gasteiger partial charge in [0.05, 0.1) is 11.6 Å². The van der Waals surface area contributed by atoms with Crippen molar-refractivity contribution < 1.29 is 4.39 Å². The quantitative estimate of drug-likeness (QED) is 0.891. The number of rotatable bonds is 4. The minimum Gasteiger partial charge on any atom is -0.309 e. The van der Waals surface area contributed by atoms with Crippen LogP contribution < -0.4 is 5.32 Å². The Morgan fingerprint density at radius 1 is 1.00 bits per heavy atom. The van der Waals surface area contributed by atoms with E-state index in [-0.39, 0.29) is 5.82 Å². The lowest BCUT2D eigenvalue weighted by Gasteiger charge is -2.05. The van der Waals surface area contributed by atoms with Crippen molar-refractivity contribution in [3.63, 3.8) is 0 Å². The van der Waals surface area contributed by atoms with Gasteiger partial charge in [0.15, 0.2) is 0 Å². The molecule has 0 fully saturated rings. The van der Waals surface area contributed by atoms with Gasteiger partial charge in [-0.1, -0.05) is 24.3 Å². The SMILES string of the molecule is N#Cc1cccc(CNCc2cccc(F)c2)c1. The average molecular weight is 240 g/mol. The first-order chi connectivity index (χ1) is 8.78. The van der Waals surface area contributed by atoms with Crippen LogP contribution in [0.1, 0.15) is 16.7 Å². The minimum atomic E-state index is -0.222. The molecule has 0 atom stereocenters. The Bertz CT molecular complexity index is 573. The second kappa shape index (κ2) is 5.95. The fourth-order valence-electron chi connectivity index (χ4n) is 1.75. The lowest BCUT2D eigenvalue weighted by atomic mass is 10.1. The average Bonchev–Trinajstić information content (AvgIpc) is 2.39. The first-order valence-corrected chi connectivity index (χ1v) is 5.72. The van der Waals surface area contributed by atoms with Crippen molar-refractivity contribution in [1.29, 1.82) is 5.26 Å². The molecule has 0 aliphatic heterocycles. The molecule has 90 valence electrons. The number of nitrogens with one attached hydrogen (secondary N) is 1. The van der Waals surface area contributed by atoms with Gasteiger partial charge in [-0.25, -0.2) is 4.39 Å². The minimum absolute atomic E-state index is 0.222. The van der Waals surface area contributed by atoms with Crippen LogP contribution in [-0.4, -0.2) is 0 Å². The number of nitrogens with zero attached hydrogens (tertiary/aromatic N) is 1. The zero-order valence-corrected chi connectivity index (χ0v) is 9.86. The number of halogens is 1. The molecule has 0 aromatic heterocycles. The molecule has 0 aliphatic carbocycles. The van der Waals surface area contributed by atoms with Gasteiger partial charge in [0, 0.05) is 13.1 Å². The second-order valence-electron chi connectivity index (χ2n) is 4.05. The van der Waals surface area contributed by atoms with Crippen LogP contribution in [0.15, 0.2) is 48.5 Å². The van der Waals surface area contributed by atoms with E-state index in [9.17, 15) is 4.39 Å². The summed E-state index contributed by atoms with van der Waals surface area (Å²) in [4.78, 5) is 0. The Kier molecular flexibility index (Phi) is 4.06. The van der Waals surface area contributed by atoms with Crippen molar-refractivity contribution in [1.82, 2.24) is 5.32 Å². The largest absolute Gasteiger partial charge is 0.309 e. The summed E-state index contributed by atoms with van der Waals surface area (Å²) in [5, 5.41) is 12.0. The zero-order valence-electron chi connectivity index (χ0n) is 9.86. The monoisotopic (exact) mass is 240 g/mol. The van der Waals surface area contributed by atoms with E-state index in [0.29, 0.717) is 18.7 Å². The van der Waals surface area contributed by atoms with E-state index >= 15 is 0 Å². The maximum atomic E-state index is 13.0. The van der Waals surface area contributed by atoms with E-state index in [0.717, 1.165) is 11.1 Å². The summed E-state index contributed by atoms with van der Waals surface area (Å²) in [6.45, 7) is 1.26. The van der Waals surface area contributed by atoms with Gasteiger partial charge in [0.1, 0.15) is 5.82 Å². The second-order valence-corrected chi connectivity index (χ2v) is 4.05. The highest BCUT2D eigenvalue weighted by Crippen LogP contribution is 2.06. The predicted molar refractivity (Wildman–Crippen MR) is 68.1 cm³/mol. The molecule has 0 bridgehead atoms. The molecule has 18 heavy (non-hydrogen) atoms. The van der Waals surface area contributed by atoms with Gasteiger partial charge in [-0.05, 0) is 35.4 Å². The van der Waals surface area contributed by atoms with Crippen LogP contribution >= 0.6 is 0 Å². The first kappa shape index (κ1) is 12.3. The summed E-state index contributed by atoms with van der Waals surface area (Å²) in [5.41, 5.74) is 2.61. The molecule has 0 heterocycles. The fourth-order valence-corrected chi connectivity index (χ4v) is 1.75. The molecule has 3 heteroatoms. The number of hydrogen-bond acceptors (Lipinski definition) is 2. The van der Waals surface area contributed by atoms with Crippen LogP contribution in [0, 0.1) is 17.1 Å². The number of nitriles is 1. The molecule has 0 saturated heterocycles. The maximum absolute atomic E-state index is 13.0. The highest BCUT2D eigenvalue weighted by atomic mass is 19.1. The summed E-state index contributed by atoms with van der Waals surface area (Å²) >= 11 is 0. The van der Waals surface area contributed by atoms with Crippen molar-refractivity contribution in [2.24, 2.45) is 0 Å². The maximum Gasteiger partial charge on any atom is 0.123 e. The summed E-state index contributed by atoms with van der Waals surface area (Å²) < 4.78 is 13.0. The van der Waals surface area contributed by atoms with E-state index in [1.54, 1.807) is 12.1 Å². The van der Waals surface area contributed by atoms with E-state index in [1.165, 1.54) is 12.1 Å². The van der Waals surface area contributed by atoms with Crippen LogP contribution in [-0.2, 0) is 13.1 Å². The summed E-state index contributed by atoms with van der Waals surface area (Å²) in [7, 11) is 0. The van der Waals surface area contributed by atoms with Crippen LogP contribution in [0.3, 0.4) is 0 Å². The van der Waals surface area contributed by atoms with Crippen LogP contribution in [0.2, 0.25) is 0 Å². The number of benzene rings is 2. The van der Waals surface area contributed by atoms with Crippen molar-refractivity contribution in [2.45, 2.75) is 13.1 Å². The molecule has 1 N–H and O–H groups in total. The molecule has 0 radical (unpaired) electrons. The molecule has 0 aliphatic rings. The molecule has 0 spiro atoms. The normalized spacial score (nSPS) is 10.0. The van der Waals surface area contributed by atoms with E-state index in [2.05, 4.69) is 11.4 Å². The highest BCUT2D eigenvalue weighted by Gasteiger charge is 1.97. The molecule has 0 saturated carbocycles. The van der Waals surface area contributed by atoms with Gasteiger partial charge in [0.25, 0.3) is 0 Å². The zero-order chi connectivity index (χ0) is 12.8. The van der Waals surface area contributed by atoms with Crippen LogP contribution in [0.5, 0.6) is 0 Å². The molecular formula is C15H13FN2. The lowest BCUT2D eigenvalue weighted by Crippen LogP contribution is -2.12. The Hall–Kier alpha value is -2.18. The van der Waals surface area contributed by atoms with Crippen molar-refractivity contribution in [3.8, 4) is 6.07 Å². The van der Waals surface area contributed by atoms with Gasteiger partial charge in [-0.2, -0.15) is 5.26 Å². The van der Waals surface area contributed by atoms with Gasteiger partial charge in [-0.15, -0.1) is 0 Å². The fraction of sp³-hybridized carbons (Fsp3) is 0.133. The Morgan fingerprint density at radius 2 is 1.67 bits per heavy atom. The molecule has 0 unspecified atom stereocenters. The molecule has 2 aromatic carbocycles. The summed E-state index contributed by atoms with van der Waals surface area (Å²) in [6.07, 6.45) is 0. The lowest BCUT2D eigenvalue weighted by molar-refractivity contribution is 0.620. The summed E-state index contributed by atoms with van der Waals surface area (Å²) in [5.74, 6) is -0.222. The Balaban J connectivity index is 1.90.